The third-order valence-electron chi connectivity index (χ3n) is 5.84. The molecule has 0 aliphatic carbocycles. The fourth-order valence-corrected chi connectivity index (χ4v) is 4.26. The number of fused-ring (bicyclic) bond motifs is 1. The van der Waals surface area contributed by atoms with Crippen molar-refractivity contribution in [2.45, 2.75) is 19.4 Å². The minimum atomic E-state index is -0.327. The normalized spacial score (nSPS) is 16.2. The average molecular weight is 466 g/mol. The number of amides is 1. The summed E-state index contributed by atoms with van der Waals surface area (Å²) < 4.78 is 18.8. The summed E-state index contributed by atoms with van der Waals surface area (Å²) >= 11 is 5.93. The molecule has 4 aromatic rings. The van der Waals surface area contributed by atoms with Gasteiger partial charge in [0.1, 0.15) is 29.0 Å². The van der Waals surface area contributed by atoms with E-state index >= 15 is 0 Å². The van der Waals surface area contributed by atoms with Crippen molar-refractivity contribution in [3.8, 4) is 11.3 Å². The molecule has 1 saturated heterocycles. The van der Waals surface area contributed by atoms with Crippen LogP contribution in [0.1, 0.15) is 18.4 Å². The lowest BCUT2D eigenvalue weighted by atomic mass is 9.96. The van der Waals surface area contributed by atoms with Gasteiger partial charge in [-0.2, -0.15) is 4.98 Å². The van der Waals surface area contributed by atoms with E-state index in [4.69, 9.17) is 16.1 Å². The zero-order valence-electron chi connectivity index (χ0n) is 17.7. The number of anilines is 1. The van der Waals surface area contributed by atoms with E-state index in [1.807, 2.05) is 24.3 Å². The van der Waals surface area contributed by atoms with Crippen LogP contribution in [0.4, 0.5) is 10.2 Å². The Bertz CT molecular complexity index is 1280. The molecule has 1 N–H and O–H groups in total. The molecule has 2 aromatic carbocycles. The van der Waals surface area contributed by atoms with Gasteiger partial charge < -0.3 is 14.7 Å². The summed E-state index contributed by atoms with van der Waals surface area (Å²) in [6, 6.07) is 13.5. The smallest absolute Gasteiger partial charge is 0.263 e. The van der Waals surface area contributed by atoms with Crippen molar-refractivity contribution < 1.29 is 13.7 Å². The van der Waals surface area contributed by atoms with Gasteiger partial charge in [-0.1, -0.05) is 28.9 Å². The molecule has 1 atom stereocenters. The Morgan fingerprint density at radius 1 is 1.15 bits per heavy atom. The number of hydrogen-bond donors (Lipinski definition) is 1. The summed E-state index contributed by atoms with van der Waals surface area (Å²) in [7, 11) is 0. The standard InChI is InChI=1S/C24H21ClFN5O2/c25-18-7-3-15(4-8-18)12-27-23(32)17-2-1-11-31(13-17)22-20-21(16-5-9-19(26)10-6-16)30-33-24(20)29-14-28-22/h3-10,14,17H,1-2,11-13H2,(H,27,32)/t17-/m1/s1. The molecule has 2 aromatic heterocycles. The first-order chi connectivity index (χ1) is 16.1. The topological polar surface area (TPSA) is 84.2 Å². The molecule has 7 nitrogen and oxygen atoms in total. The second-order valence-electron chi connectivity index (χ2n) is 8.04. The number of aromatic nitrogens is 3. The van der Waals surface area contributed by atoms with Crippen LogP contribution in [-0.2, 0) is 11.3 Å². The van der Waals surface area contributed by atoms with Gasteiger partial charge in [-0.05, 0) is 54.8 Å². The second-order valence-corrected chi connectivity index (χ2v) is 8.48. The fraction of sp³-hybridized carbons (Fsp3) is 0.250. The maximum absolute atomic E-state index is 13.4. The number of halogens is 2. The first kappa shape index (κ1) is 21.3. The van der Waals surface area contributed by atoms with Crippen LogP contribution in [-0.4, -0.2) is 34.1 Å². The molecule has 168 valence electrons. The Kier molecular flexibility index (Phi) is 5.92. The molecule has 0 unspecified atom stereocenters. The molecule has 9 heteroatoms. The molecule has 0 bridgehead atoms. The average Bonchev–Trinajstić information content (AvgIpc) is 3.28. The lowest BCUT2D eigenvalue weighted by molar-refractivity contribution is -0.125. The van der Waals surface area contributed by atoms with E-state index in [2.05, 4.69) is 25.3 Å². The second kappa shape index (κ2) is 9.15. The van der Waals surface area contributed by atoms with E-state index in [1.165, 1.54) is 18.5 Å². The van der Waals surface area contributed by atoms with Crippen molar-refractivity contribution in [3.63, 3.8) is 0 Å². The van der Waals surface area contributed by atoms with Crippen LogP contribution in [0.3, 0.4) is 0 Å². The van der Waals surface area contributed by atoms with Gasteiger partial charge in [-0.25, -0.2) is 9.37 Å². The molecule has 1 fully saturated rings. The predicted octanol–water partition coefficient (Wildman–Crippen LogP) is 4.61. The maximum atomic E-state index is 13.4. The highest BCUT2D eigenvalue weighted by molar-refractivity contribution is 6.30. The fourth-order valence-electron chi connectivity index (χ4n) is 4.14. The number of hydrogen-bond acceptors (Lipinski definition) is 6. The molecule has 1 aliphatic rings. The lowest BCUT2D eigenvalue weighted by Gasteiger charge is -2.33. The molecular weight excluding hydrogens is 445 g/mol. The molecule has 0 saturated carbocycles. The van der Waals surface area contributed by atoms with E-state index in [9.17, 15) is 9.18 Å². The van der Waals surface area contributed by atoms with Gasteiger partial charge in [-0.15, -0.1) is 0 Å². The first-order valence-electron chi connectivity index (χ1n) is 10.7. The third kappa shape index (κ3) is 4.52. The number of rotatable bonds is 5. The summed E-state index contributed by atoms with van der Waals surface area (Å²) in [6.45, 7) is 1.72. The number of nitrogens with one attached hydrogen (secondary N) is 1. The van der Waals surface area contributed by atoms with Gasteiger partial charge in [0, 0.05) is 30.2 Å². The Morgan fingerprint density at radius 2 is 1.94 bits per heavy atom. The van der Waals surface area contributed by atoms with Crippen LogP contribution in [0.15, 0.2) is 59.4 Å². The monoisotopic (exact) mass is 465 g/mol. The molecule has 1 aliphatic heterocycles. The van der Waals surface area contributed by atoms with Gasteiger partial charge in [-0.3, -0.25) is 4.79 Å². The van der Waals surface area contributed by atoms with E-state index in [0.717, 1.165) is 24.9 Å². The summed E-state index contributed by atoms with van der Waals surface area (Å²) in [5.74, 6) is 0.163. The number of nitrogens with zero attached hydrogens (tertiary/aromatic N) is 4. The van der Waals surface area contributed by atoms with Crippen LogP contribution in [0.5, 0.6) is 0 Å². The highest BCUT2D eigenvalue weighted by Crippen LogP contribution is 2.34. The van der Waals surface area contributed by atoms with E-state index in [0.29, 0.717) is 46.3 Å². The van der Waals surface area contributed by atoms with Crippen molar-refractivity contribution in [1.82, 2.24) is 20.4 Å². The zero-order valence-corrected chi connectivity index (χ0v) is 18.4. The molecule has 3 heterocycles. The summed E-state index contributed by atoms with van der Waals surface area (Å²) in [4.78, 5) is 23.7. The summed E-state index contributed by atoms with van der Waals surface area (Å²) in [5, 5.41) is 8.51. The van der Waals surface area contributed by atoms with Crippen molar-refractivity contribution in [1.29, 1.82) is 0 Å². The van der Waals surface area contributed by atoms with Crippen LogP contribution in [0.2, 0.25) is 5.02 Å². The zero-order chi connectivity index (χ0) is 22.8. The number of carbonyl (C=O) groups is 1. The van der Waals surface area contributed by atoms with Crippen LogP contribution in [0.25, 0.3) is 22.4 Å². The number of piperidine rings is 1. The van der Waals surface area contributed by atoms with Gasteiger partial charge in [0.15, 0.2) is 0 Å². The van der Waals surface area contributed by atoms with Crippen molar-refractivity contribution >= 4 is 34.4 Å². The van der Waals surface area contributed by atoms with Crippen LogP contribution in [0, 0.1) is 11.7 Å². The first-order valence-corrected chi connectivity index (χ1v) is 11.1. The van der Waals surface area contributed by atoms with Crippen LogP contribution < -0.4 is 10.2 Å². The van der Waals surface area contributed by atoms with Crippen molar-refractivity contribution in [2.75, 3.05) is 18.0 Å². The van der Waals surface area contributed by atoms with Gasteiger partial charge >= 0.3 is 0 Å². The Hall–Kier alpha value is -3.52. The number of carbonyl (C=O) groups excluding carboxylic acids is 1. The molecule has 1 amide bonds. The highest BCUT2D eigenvalue weighted by Gasteiger charge is 2.29. The molecule has 0 radical (unpaired) electrons. The Balaban J connectivity index is 1.36. The van der Waals surface area contributed by atoms with Gasteiger partial charge in [0.05, 0.1) is 5.92 Å². The van der Waals surface area contributed by atoms with Crippen LogP contribution >= 0.6 is 11.6 Å². The van der Waals surface area contributed by atoms with Crippen molar-refractivity contribution in [2.24, 2.45) is 5.92 Å². The summed E-state index contributed by atoms with van der Waals surface area (Å²) in [6.07, 6.45) is 3.08. The predicted molar refractivity (Wildman–Crippen MR) is 123 cm³/mol. The van der Waals surface area contributed by atoms with Crippen molar-refractivity contribution in [3.05, 3.63) is 71.3 Å². The highest BCUT2D eigenvalue weighted by atomic mass is 35.5. The van der Waals surface area contributed by atoms with E-state index < -0.39 is 0 Å². The molecule has 0 spiro atoms. The summed E-state index contributed by atoms with van der Waals surface area (Å²) in [5.41, 5.74) is 2.61. The molecule has 5 rings (SSSR count). The minimum absolute atomic E-state index is 0.00373. The van der Waals surface area contributed by atoms with Gasteiger partial charge in [0.25, 0.3) is 5.71 Å². The third-order valence-corrected chi connectivity index (χ3v) is 6.09. The number of benzene rings is 2. The van der Waals surface area contributed by atoms with E-state index in [-0.39, 0.29) is 17.6 Å². The maximum Gasteiger partial charge on any atom is 0.263 e. The van der Waals surface area contributed by atoms with Gasteiger partial charge in [0.2, 0.25) is 5.91 Å². The Labute approximate surface area is 194 Å². The quantitative estimate of drug-likeness (QED) is 0.463. The lowest BCUT2D eigenvalue weighted by Crippen LogP contribution is -2.43. The molecule has 33 heavy (non-hydrogen) atoms. The Morgan fingerprint density at radius 3 is 2.73 bits per heavy atom. The minimum Gasteiger partial charge on any atom is -0.355 e. The van der Waals surface area contributed by atoms with E-state index in [1.54, 1.807) is 12.1 Å². The molecular formula is C24H21ClFN5O2. The largest absolute Gasteiger partial charge is 0.355 e. The SMILES string of the molecule is O=C(NCc1ccc(Cl)cc1)[C@@H]1CCCN(c2ncnc3onc(-c4ccc(F)cc4)c23)C1.